The first-order valence-electron chi connectivity index (χ1n) is 9.14. The van der Waals surface area contributed by atoms with Crippen LogP contribution in [0.15, 0.2) is 54.7 Å². The molecule has 0 saturated heterocycles. The zero-order valence-electron chi connectivity index (χ0n) is 15.2. The predicted molar refractivity (Wildman–Crippen MR) is 106 cm³/mol. The normalized spacial score (nSPS) is 13.4. The molecule has 1 aliphatic rings. The molecule has 0 bridgehead atoms. The Morgan fingerprint density at radius 2 is 1.93 bits per heavy atom. The number of aryl methyl sites for hydroxylation is 1. The van der Waals surface area contributed by atoms with Crippen molar-refractivity contribution in [2.45, 2.75) is 32.2 Å². The Morgan fingerprint density at radius 1 is 1.11 bits per heavy atom. The SMILES string of the molecule is Cc1ccc(C(=O)NC2CC2)cc1NC(=O)Cc1cccc2cccnc12. The number of anilines is 1. The minimum absolute atomic E-state index is 0.0914. The molecule has 2 amide bonds. The van der Waals surface area contributed by atoms with Gasteiger partial charge in [-0.05, 0) is 49.1 Å². The van der Waals surface area contributed by atoms with Crippen LogP contribution in [-0.4, -0.2) is 22.8 Å². The molecule has 3 aromatic rings. The van der Waals surface area contributed by atoms with Gasteiger partial charge in [0.25, 0.3) is 5.91 Å². The molecule has 4 rings (SSSR count). The molecular weight excluding hydrogens is 338 g/mol. The number of amides is 2. The molecular formula is C22H21N3O2. The van der Waals surface area contributed by atoms with Gasteiger partial charge in [0.05, 0.1) is 11.9 Å². The molecule has 0 unspecified atom stereocenters. The van der Waals surface area contributed by atoms with Crippen LogP contribution >= 0.6 is 0 Å². The van der Waals surface area contributed by atoms with Gasteiger partial charge in [-0.15, -0.1) is 0 Å². The fourth-order valence-corrected chi connectivity index (χ4v) is 3.07. The number of nitrogens with zero attached hydrogens (tertiary/aromatic N) is 1. The molecule has 136 valence electrons. The Labute approximate surface area is 157 Å². The van der Waals surface area contributed by atoms with Crippen LogP contribution in [0.3, 0.4) is 0 Å². The summed E-state index contributed by atoms with van der Waals surface area (Å²) in [6.07, 6.45) is 4.04. The van der Waals surface area contributed by atoms with Crippen LogP contribution in [0.5, 0.6) is 0 Å². The van der Waals surface area contributed by atoms with E-state index in [0.29, 0.717) is 17.3 Å². The Balaban J connectivity index is 1.51. The van der Waals surface area contributed by atoms with Crippen LogP contribution in [-0.2, 0) is 11.2 Å². The molecule has 0 spiro atoms. The Bertz CT molecular complexity index is 1020. The number of hydrogen-bond donors (Lipinski definition) is 2. The van der Waals surface area contributed by atoms with Gasteiger partial charge < -0.3 is 10.6 Å². The van der Waals surface area contributed by atoms with Crippen molar-refractivity contribution in [3.63, 3.8) is 0 Å². The lowest BCUT2D eigenvalue weighted by Gasteiger charge is -2.11. The fourth-order valence-electron chi connectivity index (χ4n) is 3.07. The monoisotopic (exact) mass is 359 g/mol. The van der Waals surface area contributed by atoms with E-state index >= 15 is 0 Å². The number of pyridine rings is 1. The number of carbonyl (C=O) groups excluding carboxylic acids is 2. The Morgan fingerprint density at radius 3 is 2.74 bits per heavy atom. The molecule has 5 nitrogen and oxygen atoms in total. The summed E-state index contributed by atoms with van der Waals surface area (Å²) in [6, 6.07) is 15.4. The lowest BCUT2D eigenvalue weighted by atomic mass is 10.1. The van der Waals surface area contributed by atoms with Crippen LogP contribution in [0.2, 0.25) is 0 Å². The summed E-state index contributed by atoms with van der Waals surface area (Å²) >= 11 is 0. The first kappa shape index (κ1) is 17.2. The Kier molecular flexibility index (Phi) is 4.59. The van der Waals surface area contributed by atoms with E-state index in [1.807, 2.05) is 43.3 Å². The summed E-state index contributed by atoms with van der Waals surface area (Å²) in [5, 5.41) is 6.92. The van der Waals surface area contributed by atoms with E-state index in [2.05, 4.69) is 15.6 Å². The van der Waals surface area contributed by atoms with E-state index in [-0.39, 0.29) is 18.2 Å². The van der Waals surface area contributed by atoms with Crippen molar-refractivity contribution in [3.05, 3.63) is 71.4 Å². The van der Waals surface area contributed by atoms with E-state index < -0.39 is 0 Å². The first-order valence-corrected chi connectivity index (χ1v) is 9.14. The van der Waals surface area contributed by atoms with Gasteiger partial charge in [0.2, 0.25) is 5.91 Å². The van der Waals surface area contributed by atoms with E-state index in [1.54, 1.807) is 18.3 Å². The number of fused-ring (bicyclic) bond motifs is 1. The number of carbonyl (C=O) groups is 2. The van der Waals surface area contributed by atoms with Crippen molar-refractivity contribution >= 4 is 28.4 Å². The van der Waals surface area contributed by atoms with Crippen molar-refractivity contribution in [1.29, 1.82) is 0 Å². The average molecular weight is 359 g/mol. The molecule has 1 aromatic heterocycles. The second-order valence-corrected chi connectivity index (χ2v) is 6.99. The number of para-hydroxylation sites is 1. The minimum Gasteiger partial charge on any atom is -0.349 e. The highest BCUT2D eigenvalue weighted by Crippen LogP contribution is 2.22. The third kappa shape index (κ3) is 3.97. The third-order valence-electron chi connectivity index (χ3n) is 4.75. The highest BCUT2D eigenvalue weighted by Gasteiger charge is 2.24. The highest BCUT2D eigenvalue weighted by atomic mass is 16.2. The number of hydrogen-bond acceptors (Lipinski definition) is 3. The van der Waals surface area contributed by atoms with Crippen LogP contribution in [0.25, 0.3) is 10.9 Å². The third-order valence-corrected chi connectivity index (χ3v) is 4.75. The molecule has 0 atom stereocenters. The maximum Gasteiger partial charge on any atom is 0.251 e. The molecule has 0 radical (unpaired) electrons. The Hall–Kier alpha value is -3.21. The van der Waals surface area contributed by atoms with Gasteiger partial charge in [0.15, 0.2) is 0 Å². The zero-order valence-corrected chi connectivity index (χ0v) is 15.2. The summed E-state index contributed by atoms with van der Waals surface area (Å²) in [6.45, 7) is 1.91. The smallest absolute Gasteiger partial charge is 0.251 e. The number of rotatable bonds is 5. The molecule has 1 saturated carbocycles. The molecule has 0 aliphatic heterocycles. The van der Waals surface area contributed by atoms with Crippen LogP contribution < -0.4 is 10.6 Å². The predicted octanol–water partition coefficient (Wildman–Crippen LogP) is 3.62. The van der Waals surface area contributed by atoms with Crippen LogP contribution in [0.4, 0.5) is 5.69 Å². The van der Waals surface area contributed by atoms with Crippen molar-refractivity contribution in [3.8, 4) is 0 Å². The lowest BCUT2D eigenvalue weighted by molar-refractivity contribution is -0.115. The zero-order chi connectivity index (χ0) is 18.8. The van der Waals surface area contributed by atoms with E-state index in [9.17, 15) is 9.59 Å². The number of benzene rings is 2. The average Bonchev–Trinajstić information content (AvgIpc) is 3.48. The lowest BCUT2D eigenvalue weighted by Crippen LogP contribution is -2.25. The second-order valence-electron chi connectivity index (χ2n) is 6.99. The number of nitrogens with one attached hydrogen (secondary N) is 2. The standard InChI is InChI=1S/C22H21N3O2/c1-14-7-8-17(22(27)24-18-9-10-18)12-19(14)25-20(26)13-16-5-2-4-15-6-3-11-23-21(15)16/h2-8,11-12,18H,9-10,13H2,1H3,(H,24,27)(H,25,26). The molecule has 1 aliphatic carbocycles. The molecule has 2 N–H and O–H groups in total. The second kappa shape index (κ2) is 7.19. The van der Waals surface area contributed by atoms with Crippen molar-refractivity contribution in [1.82, 2.24) is 10.3 Å². The van der Waals surface area contributed by atoms with Gasteiger partial charge >= 0.3 is 0 Å². The summed E-state index contributed by atoms with van der Waals surface area (Å²) in [4.78, 5) is 29.3. The summed E-state index contributed by atoms with van der Waals surface area (Å²) in [7, 11) is 0. The van der Waals surface area contributed by atoms with E-state index in [0.717, 1.165) is 34.9 Å². The van der Waals surface area contributed by atoms with Gasteiger partial charge in [-0.2, -0.15) is 0 Å². The first-order chi connectivity index (χ1) is 13.1. The van der Waals surface area contributed by atoms with Crippen LogP contribution in [0, 0.1) is 6.92 Å². The van der Waals surface area contributed by atoms with E-state index in [4.69, 9.17) is 0 Å². The molecule has 27 heavy (non-hydrogen) atoms. The maximum absolute atomic E-state index is 12.6. The molecule has 2 aromatic carbocycles. The summed E-state index contributed by atoms with van der Waals surface area (Å²) < 4.78 is 0. The summed E-state index contributed by atoms with van der Waals surface area (Å²) in [5.41, 5.74) is 3.86. The fraction of sp³-hybridized carbons (Fsp3) is 0.227. The molecule has 1 heterocycles. The van der Waals surface area contributed by atoms with Gasteiger partial charge in [-0.1, -0.05) is 30.3 Å². The quantitative estimate of drug-likeness (QED) is 0.731. The highest BCUT2D eigenvalue weighted by molar-refractivity contribution is 5.99. The summed E-state index contributed by atoms with van der Waals surface area (Å²) in [5.74, 6) is -0.220. The molecule has 1 fully saturated rings. The molecule has 5 heteroatoms. The van der Waals surface area contributed by atoms with Crippen molar-refractivity contribution < 1.29 is 9.59 Å². The minimum atomic E-state index is -0.129. The maximum atomic E-state index is 12.6. The largest absolute Gasteiger partial charge is 0.349 e. The van der Waals surface area contributed by atoms with Gasteiger partial charge in [0.1, 0.15) is 0 Å². The van der Waals surface area contributed by atoms with Crippen molar-refractivity contribution in [2.75, 3.05) is 5.32 Å². The number of aromatic nitrogens is 1. The van der Waals surface area contributed by atoms with Gasteiger partial charge in [0, 0.05) is 28.9 Å². The van der Waals surface area contributed by atoms with Crippen molar-refractivity contribution in [2.24, 2.45) is 0 Å². The van der Waals surface area contributed by atoms with Gasteiger partial charge in [-0.3, -0.25) is 14.6 Å². The van der Waals surface area contributed by atoms with Gasteiger partial charge in [-0.25, -0.2) is 0 Å². The van der Waals surface area contributed by atoms with Crippen LogP contribution in [0.1, 0.15) is 34.3 Å². The van der Waals surface area contributed by atoms with E-state index in [1.165, 1.54) is 0 Å². The topological polar surface area (TPSA) is 71.1 Å².